The Balaban J connectivity index is 1.36. The van der Waals surface area contributed by atoms with E-state index in [1.165, 1.54) is 48.6 Å². The molecule has 1 aromatic carbocycles. The monoisotopic (exact) mass is 406 g/mol. The zero-order chi connectivity index (χ0) is 20.5. The summed E-state index contributed by atoms with van der Waals surface area (Å²) >= 11 is 0. The lowest BCUT2D eigenvalue weighted by Crippen LogP contribution is -2.64. The number of benzene rings is 1. The minimum Gasteiger partial charge on any atom is -0.340 e. The summed E-state index contributed by atoms with van der Waals surface area (Å²) in [6.45, 7) is 2.90. The van der Waals surface area contributed by atoms with Crippen molar-refractivity contribution in [1.82, 2.24) is 19.4 Å². The maximum Gasteiger partial charge on any atom is 0.347 e. The number of piperidine rings is 3. The fraction of sp³-hybridized carbons (Fsp3) is 0.542. The molecule has 4 atom stereocenters. The van der Waals surface area contributed by atoms with E-state index >= 15 is 0 Å². The molecule has 0 N–H and O–H groups in total. The Labute approximate surface area is 177 Å². The molecule has 1 amide bonds. The molecule has 0 aliphatic carbocycles. The fourth-order valence-corrected chi connectivity index (χ4v) is 6.00. The van der Waals surface area contributed by atoms with Crippen molar-refractivity contribution in [1.29, 1.82) is 0 Å². The maximum atomic E-state index is 13.1. The normalized spacial score (nSPS) is 28.7. The van der Waals surface area contributed by atoms with E-state index in [0.717, 1.165) is 19.5 Å². The van der Waals surface area contributed by atoms with Crippen LogP contribution in [0.4, 0.5) is 0 Å². The van der Waals surface area contributed by atoms with Crippen molar-refractivity contribution in [2.45, 2.75) is 50.7 Å². The molecular weight excluding hydrogens is 376 g/mol. The van der Waals surface area contributed by atoms with Crippen LogP contribution in [0, 0.1) is 11.8 Å². The lowest BCUT2D eigenvalue weighted by atomic mass is 9.71. The molecule has 3 aliphatic rings. The Morgan fingerprint density at radius 2 is 1.90 bits per heavy atom. The Morgan fingerprint density at radius 3 is 2.73 bits per heavy atom. The number of likely N-dealkylation sites (tertiary alicyclic amines) is 1. The lowest BCUT2D eigenvalue weighted by Gasteiger charge is -2.57. The summed E-state index contributed by atoms with van der Waals surface area (Å²) in [4.78, 5) is 33.6. The van der Waals surface area contributed by atoms with Crippen molar-refractivity contribution < 1.29 is 4.79 Å². The number of nitrogens with zero attached hydrogens (tertiary/aromatic N) is 4. The number of hydrogen-bond donors (Lipinski definition) is 0. The highest BCUT2D eigenvalue weighted by Gasteiger charge is 2.47. The summed E-state index contributed by atoms with van der Waals surface area (Å²) in [5.74, 6) is 1.08. The van der Waals surface area contributed by atoms with Gasteiger partial charge < -0.3 is 4.90 Å². The minimum absolute atomic E-state index is 0.0440. The first-order valence-corrected chi connectivity index (χ1v) is 11.3. The topological polar surface area (TPSA) is 58.4 Å². The Bertz CT molecular complexity index is 943. The molecule has 5 rings (SSSR count). The largest absolute Gasteiger partial charge is 0.347 e. The van der Waals surface area contributed by atoms with Gasteiger partial charge >= 0.3 is 5.69 Å². The predicted octanol–water partition coefficient (Wildman–Crippen LogP) is 2.19. The number of aromatic nitrogens is 2. The van der Waals surface area contributed by atoms with Crippen LogP contribution in [-0.4, -0.2) is 57.0 Å². The summed E-state index contributed by atoms with van der Waals surface area (Å²) in [7, 11) is 0. The van der Waals surface area contributed by atoms with Gasteiger partial charge in [-0.25, -0.2) is 9.78 Å². The highest BCUT2D eigenvalue weighted by molar-refractivity contribution is 5.76. The van der Waals surface area contributed by atoms with Crippen molar-refractivity contribution in [3.05, 3.63) is 64.8 Å². The molecule has 6 nitrogen and oxygen atoms in total. The van der Waals surface area contributed by atoms with Gasteiger partial charge in [0.2, 0.25) is 5.91 Å². The van der Waals surface area contributed by atoms with Crippen molar-refractivity contribution in [2.24, 2.45) is 11.8 Å². The summed E-state index contributed by atoms with van der Waals surface area (Å²) in [6, 6.07) is 13.6. The first kappa shape index (κ1) is 19.5. The van der Waals surface area contributed by atoms with E-state index in [4.69, 9.17) is 0 Å². The third-order valence-corrected chi connectivity index (χ3v) is 7.35. The van der Waals surface area contributed by atoms with Crippen LogP contribution < -0.4 is 5.69 Å². The average Bonchev–Trinajstić information content (AvgIpc) is 2.79. The Kier molecular flexibility index (Phi) is 5.42. The molecule has 0 unspecified atom stereocenters. The number of carbonyl (C=O) groups is 1. The van der Waals surface area contributed by atoms with Crippen LogP contribution in [0.15, 0.2) is 53.6 Å². The molecule has 0 radical (unpaired) electrons. The molecular formula is C24H30N4O2. The van der Waals surface area contributed by atoms with E-state index in [2.05, 4.69) is 40.2 Å². The van der Waals surface area contributed by atoms with Gasteiger partial charge in [-0.3, -0.25) is 14.3 Å². The van der Waals surface area contributed by atoms with Crippen LogP contribution >= 0.6 is 0 Å². The molecule has 2 bridgehead atoms. The van der Waals surface area contributed by atoms with Gasteiger partial charge in [0.25, 0.3) is 0 Å². The minimum atomic E-state index is -0.358. The summed E-state index contributed by atoms with van der Waals surface area (Å²) in [6.07, 6.45) is 9.22. The standard InChI is InChI=1S/C24H30N4O2/c29-23(17-26-11-6-10-25-24(26)30)27-15-19-14-20(16-27)22(13-18-7-2-1-3-8-18)28-12-5-4-9-21(19)28/h1-3,6-8,10-11,19-22H,4-5,9,12-17H2/t19-,20+,21+,22+/m1/s1. The molecule has 1 aromatic heterocycles. The second kappa shape index (κ2) is 8.34. The highest BCUT2D eigenvalue weighted by atomic mass is 16.2. The zero-order valence-corrected chi connectivity index (χ0v) is 17.4. The van der Waals surface area contributed by atoms with Crippen molar-refractivity contribution in [2.75, 3.05) is 19.6 Å². The molecule has 4 heterocycles. The third-order valence-electron chi connectivity index (χ3n) is 7.35. The summed E-state index contributed by atoms with van der Waals surface area (Å²) < 4.78 is 1.42. The second-order valence-corrected chi connectivity index (χ2v) is 9.14. The van der Waals surface area contributed by atoms with Gasteiger partial charge in [0.1, 0.15) is 6.54 Å². The van der Waals surface area contributed by atoms with Gasteiger partial charge in [0.15, 0.2) is 0 Å². The SMILES string of the molecule is O=C(Cn1cccnc1=O)N1C[C@H]2C[C@@H](C1)[C@H](Cc1ccccc1)N1CCCC[C@@H]21. The Morgan fingerprint density at radius 1 is 1.07 bits per heavy atom. The van der Waals surface area contributed by atoms with E-state index in [0.29, 0.717) is 23.9 Å². The molecule has 0 saturated carbocycles. The van der Waals surface area contributed by atoms with Crippen molar-refractivity contribution in [3.63, 3.8) is 0 Å². The highest BCUT2D eigenvalue weighted by Crippen LogP contribution is 2.42. The molecule has 158 valence electrons. The number of rotatable bonds is 4. The molecule has 2 aromatic rings. The first-order chi connectivity index (χ1) is 14.7. The van der Waals surface area contributed by atoms with Crippen molar-refractivity contribution in [3.8, 4) is 0 Å². The van der Waals surface area contributed by atoms with Gasteiger partial charge in [0.05, 0.1) is 0 Å². The Hall–Kier alpha value is -2.47. The molecule has 30 heavy (non-hydrogen) atoms. The molecule has 6 heteroatoms. The quantitative estimate of drug-likeness (QED) is 0.781. The summed E-state index contributed by atoms with van der Waals surface area (Å²) in [5, 5.41) is 0. The van der Waals surface area contributed by atoms with Crippen LogP contribution in [0.1, 0.15) is 31.2 Å². The number of amides is 1. The van der Waals surface area contributed by atoms with Gasteiger partial charge in [-0.2, -0.15) is 0 Å². The van der Waals surface area contributed by atoms with E-state index < -0.39 is 0 Å². The maximum absolute atomic E-state index is 13.1. The van der Waals surface area contributed by atoms with Crippen molar-refractivity contribution >= 4 is 5.91 Å². The zero-order valence-electron chi connectivity index (χ0n) is 17.4. The van der Waals surface area contributed by atoms with E-state index in [1.54, 1.807) is 12.3 Å². The number of hydrogen-bond acceptors (Lipinski definition) is 4. The van der Waals surface area contributed by atoms with Crippen LogP contribution in [0.25, 0.3) is 0 Å². The van der Waals surface area contributed by atoms with E-state index in [-0.39, 0.29) is 18.1 Å². The van der Waals surface area contributed by atoms with E-state index in [1.807, 2.05) is 4.90 Å². The average molecular weight is 407 g/mol. The van der Waals surface area contributed by atoms with Crippen LogP contribution in [-0.2, 0) is 17.8 Å². The van der Waals surface area contributed by atoms with Gasteiger partial charge in [-0.15, -0.1) is 0 Å². The van der Waals surface area contributed by atoms with Crippen LogP contribution in [0.5, 0.6) is 0 Å². The predicted molar refractivity (Wildman–Crippen MR) is 115 cm³/mol. The first-order valence-electron chi connectivity index (χ1n) is 11.3. The third kappa shape index (κ3) is 3.81. The fourth-order valence-electron chi connectivity index (χ4n) is 6.00. The molecule has 0 spiro atoms. The summed E-state index contributed by atoms with van der Waals surface area (Å²) in [5.41, 5.74) is 1.03. The molecule has 3 fully saturated rings. The second-order valence-electron chi connectivity index (χ2n) is 9.14. The number of carbonyl (C=O) groups excluding carboxylic acids is 1. The number of fused-ring (bicyclic) bond motifs is 4. The smallest absolute Gasteiger partial charge is 0.340 e. The molecule has 3 saturated heterocycles. The lowest BCUT2D eigenvalue weighted by molar-refractivity contribution is -0.141. The van der Waals surface area contributed by atoms with Crippen LogP contribution in [0.3, 0.4) is 0 Å². The van der Waals surface area contributed by atoms with Gasteiger partial charge in [0, 0.05) is 37.6 Å². The molecule has 3 aliphatic heterocycles. The van der Waals surface area contributed by atoms with Crippen LogP contribution in [0.2, 0.25) is 0 Å². The van der Waals surface area contributed by atoms with Gasteiger partial charge in [-0.05, 0) is 55.7 Å². The van der Waals surface area contributed by atoms with Gasteiger partial charge in [-0.1, -0.05) is 36.8 Å². The van der Waals surface area contributed by atoms with E-state index in [9.17, 15) is 9.59 Å².